The first-order valence-electron chi connectivity index (χ1n) is 4.24. The number of piperidine rings is 1. The van der Waals surface area contributed by atoms with Gasteiger partial charge in [0.25, 0.3) is 0 Å². The van der Waals surface area contributed by atoms with Gasteiger partial charge in [-0.05, 0) is 19.8 Å². The van der Waals surface area contributed by atoms with Crippen molar-refractivity contribution in [2.75, 3.05) is 6.54 Å². The zero-order chi connectivity index (χ0) is 10.0. The fourth-order valence-corrected chi connectivity index (χ4v) is 1.68. The standard InChI is InChI=1S/C8H13NO4/c1-5-4-6(7(10)11)2-3-9(5)8(12)13/h5-6H,2-4H2,1H3,(H,10,11)(H,12,13)/t5-,6-/m1/s1. The lowest BCUT2D eigenvalue weighted by atomic mass is 9.92. The summed E-state index contributed by atoms with van der Waals surface area (Å²) in [6.07, 6.45) is -0.121. The predicted molar refractivity (Wildman–Crippen MR) is 44.6 cm³/mol. The molecule has 0 radical (unpaired) electrons. The Labute approximate surface area is 76.0 Å². The third kappa shape index (κ3) is 2.11. The SMILES string of the molecule is C[C@@H]1C[C@H](C(=O)O)CCN1C(=O)O. The monoisotopic (exact) mass is 187 g/mol. The van der Waals surface area contributed by atoms with Crippen LogP contribution >= 0.6 is 0 Å². The lowest BCUT2D eigenvalue weighted by Crippen LogP contribution is -2.45. The average molecular weight is 187 g/mol. The Hall–Kier alpha value is -1.26. The molecule has 0 unspecified atom stereocenters. The summed E-state index contributed by atoms with van der Waals surface area (Å²) in [7, 11) is 0. The second kappa shape index (κ2) is 3.64. The zero-order valence-electron chi connectivity index (χ0n) is 7.43. The lowest BCUT2D eigenvalue weighted by molar-refractivity contribution is -0.143. The van der Waals surface area contributed by atoms with E-state index in [1.807, 2.05) is 0 Å². The van der Waals surface area contributed by atoms with Gasteiger partial charge < -0.3 is 15.1 Å². The molecule has 1 fully saturated rings. The van der Waals surface area contributed by atoms with Crippen molar-refractivity contribution in [3.63, 3.8) is 0 Å². The van der Waals surface area contributed by atoms with Crippen molar-refractivity contribution in [1.29, 1.82) is 0 Å². The number of rotatable bonds is 1. The molecular formula is C8H13NO4. The summed E-state index contributed by atoms with van der Waals surface area (Å²) in [6, 6.07) is -0.188. The van der Waals surface area contributed by atoms with Crippen LogP contribution in [0.3, 0.4) is 0 Å². The van der Waals surface area contributed by atoms with Crippen LogP contribution in [0.25, 0.3) is 0 Å². The van der Waals surface area contributed by atoms with Crippen LogP contribution in [-0.2, 0) is 4.79 Å². The van der Waals surface area contributed by atoms with Crippen molar-refractivity contribution in [1.82, 2.24) is 4.90 Å². The number of carbonyl (C=O) groups is 2. The maximum Gasteiger partial charge on any atom is 0.407 e. The number of carboxylic acid groups (broad SMARTS) is 2. The molecule has 0 bridgehead atoms. The summed E-state index contributed by atoms with van der Waals surface area (Å²) in [5.41, 5.74) is 0. The van der Waals surface area contributed by atoms with Crippen LogP contribution in [-0.4, -0.2) is 39.8 Å². The van der Waals surface area contributed by atoms with E-state index in [9.17, 15) is 9.59 Å². The van der Waals surface area contributed by atoms with Crippen LogP contribution in [0.4, 0.5) is 4.79 Å². The lowest BCUT2D eigenvalue weighted by Gasteiger charge is -2.33. The highest BCUT2D eigenvalue weighted by molar-refractivity contribution is 5.71. The molecule has 0 spiro atoms. The van der Waals surface area contributed by atoms with Crippen LogP contribution in [0.2, 0.25) is 0 Å². The van der Waals surface area contributed by atoms with Crippen LogP contribution in [0.5, 0.6) is 0 Å². The van der Waals surface area contributed by atoms with Crippen molar-refractivity contribution in [3.05, 3.63) is 0 Å². The molecule has 5 nitrogen and oxygen atoms in total. The number of hydrogen-bond donors (Lipinski definition) is 2. The van der Waals surface area contributed by atoms with E-state index < -0.39 is 12.1 Å². The molecule has 13 heavy (non-hydrogen) atoms. The van der Waals surface area contributed by atoms with Gasteiger partial charge in [0.1, 0.15) is 0 Å². The Morgan fingerprint density at radius 3 is 2.38 bits per heavy atom. The first-order valence-corrected chi connectivity index (χ1v) is 4.24. The number of carboxylic acids is 1. The molecule has 2 N–H and O–H groups in total. The molecule has 1 rings (SSSR count). The first-order chi connectivity index (χ1) is 6.02. The van der Waals surface area contributed by atoms with E-state index in [1.165, 1.54) is 4.90 Å². The van der Waals surface area contributed by atoms with Gasteiger partial charge in [-0.15, -0.1) is 0 Å². The van der Waals surface area contributed by atoms with Gasteiger partial charge in [0.2, 0.25) is 0 Å². The van der Waals surface area contributed by atoms with Gasteiger partial charge in [0, 0.05) is 12.6 Å². The molecule has 5 heteroatoms. The van der Waals surface area contributed by atoms with E-state index >= 15 is 0 Å². The largest absolute Gasteiger partial charge is 0.481 e. The molecule has 0 aromatic rings. The summed E-state index contributed by atoms with van der Waals surface area (Å²) in [4.78, 5) is 22.5. The van der Waals surface area contributed by atoms with Crippen molar-refractivity contribution in [3.8, 4) is 0 Å². The Kier molecular flexibility index (Phi) is 2.75. The van der Waals surface area contributed by atoms with E-state index in [1.54, 1.807) is 6.92 Å². The second-order valence-electron chi connectivity index (χ2n) is 3.38. The molecule has 1 saturated heterocycles. The van der Waals surface area contributed by atoms with Crippen molar-refractivity contribution in [2.45, 2.75) is 25.8 Å². The quantitative estimate of drug-likeness (QED) is 0.637. The van der Waals surface area contributed by atoms with Gasteiger partial charge in [-0.1, -0.05) is 0 Å². The average Bonchev–Trinajstić information content (AvgIpc) is 2.03. The number of likely N-dealkylation sites (tertiary alicyclic amines) is 1. The number of nitrogens with zero attached hydrogens (tertiary/aromatic N) is 1. The Morgan fingerprint density at radius 1 is 1.38 bits per heavy atom. The summed E-state index contributed by atoms with van der Waals surface area (Å²) in [5, 5.41) is 17.4. The smallest absolute Gasteiger partial charge is 0.407 e. The fourth-order valence-electron chi connectivity index (χ4n) is 1.68. The number of hydrogen-bond acceptors (Lipinski definition) is 2. The minimum absolute atomic E-state index is 0.188. The summed E-state index contributed by atoms with van der Waals surface area (Å²) in [6.45, 7) is 2.07. The highest BCUT2D eigenvalue weighted by Crippen LogP contribution is 2.22. The van der Waals surface area contributed by atoms with Crippen LogP contribution in [0, 0.1) is 5.92 Å². The molecular weight excluding hydrogens is 174 g/mol. The number of amides is 1. The van der Waals surface area contributed by atoms with Crippen molar-refractivity contribution >= 4 is 12.1 Å². The summed E-state index contributed by atoms with van der Waals surface area (Å²) < 4.78 is 0. The predicted octanol–water partition coefficient (Wildman–Crippen LogP) is 0.850. The molecule has 1 amide bonds. The summed E-state index contributed by atoms with van der Waals surface area (Å²) >= 11 is 0. The molecule has 1 aliphatic heterocycles. The second-order valence-corrected chi connectivity index (χ2v) is 3.38. The summed E-state index contributed by atoms with van der Waals surface area (Å²) in [5.74, 6) is -1.21. The van der Waals surface area contributed by atoms with Gasteiger partial charge in [0.15, 0.2) is 0 Å². The third-order valence-electron chi connectivity index (χ3n) is 2.47. The third-order valence-corrected chi connectivity index (χ3v) is 2.47. The molecule has 0 aromatic carbocycles. The Bertz CT molecular complexity index is 228. The Morgan fingerprint density at radius 2 is 2.00 bits per heavy atom. The van der Waals surface area contributed by atoms with Gasteiger partial charge in [0.05, 0.1) is 5.92 Å². The minimum atomic E-state index is -0.962. The fraction of sp³-hybridized carbons (Fsp3) is 0.750. The molecule has 1 heterocycles. The topological polar surface area (TPSA) is 77.8 Å². The molecule has 1 aliphatic rings. The molecule has 0 aliphatic carbocycles. The van der Waals surface area contributed by atoms with E-state index in [4.69, 9.17) is 10.2 Å². The van der Waals surface area contributed by atoms with Crippen LogP contribution in [0.15, 0.2) is 0 Å². The van der Waals surface area contributed by atoms with Crippen molar-refractivity contribution in [2.24, 2.45) is 5.92 Å². The van der Waals surface area contributed by atoms with E-state index in [0.717, 1.165) is 0 Å². The first kappa shape index (κ1) is 9.83. The van der Waals surface area contributed by atoms with Crippen molar-refractivity contribution < 1.29 is 19.8 Å². The molecule has 74 valence electrons. The maximum absolute atomic E-state index is 10.6. The van der Waals surface area contributed by atoms with Gasteiger partial charge in [-0.2, -0.15) is 0 Å². The Balaban J connectivity index is 2.56. The zero-order valence-corrected chi connectivity index (χ0v) is 7.43. The molecule has 0 saturated carbocycles. The van der Waals surface area contributed by atoms with E-state index in [2.05, 4.69) is 0 Å². The van der Waals surface area contributed by atoms with Gasteiger partial charge in [-0.25, -0.2) is 4.79 Å². The van der Waals surface area contributed by atoms with Crippen LogP contribution in [0.1, 0.15) is 19.8 Å². The number of aliphatic carboxylic acids is 1. The maximum atomic E-state index is 10.6. The van der Waals surface area contributed by atoms with E-state index in [-0.39, 0.29) is 12.0 Å². The minimum Gasteiger partial charge on any atom is -0.481 e. The molecule has 0 aromatic heterocycles. The highest BCUT2D eigenvalue weighted by Gasteiger charge is 2.31. The van der Waals surface area contributed by atoms with Gasteiger partial charge in [-0.3, -0.25) is 4.79 Å². The van der Waals surface area contributed by atoms with Crippen LogP contribution < -0.4 is 0 Å². The normalized spacial score (nSPS) is 28.5. The molecule has 2 atom stereocenters. The van der Waals surface area contributed by atoms with Gasteiger partial charge >= 0.3 is 12.1 Å². The highest BCUT2D eigenvalue weighted by atomic mass is 16.4. The van der Waals surface area contributed by atoms with E-state index in [0.29, 0.717) is 19.4 Å².